The molecule has 2 rings (SSSR count). The van der Waals surface area contributed by atoms with Gasteiger partial charge in [-0.15, -0.1) is 0 Å². The van der Waals surface area contributed by atoms with Crippen molar-refractivity contribution in [2.45, 2.75) is 31.3 Å². The Balaban J connectivity index is 2.15. The van der Waals surface area contributed by atoms with Crippen LogP contribution in [0.15, 0.2) is 0 Å². The molecule has 9 heavy (non-hydrogen) atoms. The minimum absolute atomic E-state index is 0.875. The molecule has 2 atom stereocenters. The SMILES string of the molecule is CN1C2CCC(C2)N1C. The summed E-state index contributed by atoms with van der Waals surface area (Å²) in [5, 5.41) is 4.77. The van der Waals surface area contributed by atoms with E-state index in [1.54, 1.807) is 0 Å². The van der Waals surface area contributed by atoms with Crippen LogP contribution in [0.1, 0.15) is 19.3 Å². The molecule has 2 heteroatoms. The van der Waals surface area contributed by atoms with Crippen molar-refractivity contribution in [2.75, 3.05) is 14.1 Å². The molecule has 1 heterocycles. The second-order valence-electron chi connectivity index (χ2n) is 3.27. The molecule has 1 saturated carbocycles. The molecule has 2 nitrogen and oxygen atoms in total. The van der Waals surface area contributed by atoms with Crippen LogP contribution in [0.5, 0.6) is 0 Å². The molecule has 2 unspecified atom stereocenters. The second-order valence-corrected chi connectivity index (χ2v) is 3.27. The van der Waals surface area contributed by atoms with Crippen LogP contribution < -0.4 is 0 Å². The van der Waals surface area contributed by atoms with Crippen molar-refractivity contribution < 1.29 is 0 Å². The molecule has 2 fully saturated rings. The number of rotatable bonds is 0. The van der Waals surface area contributed by atoms with E-state index in [9.17, 15) is 0 Å². The average Bonchev–Trinajstić information content (AvgIpc) is 2.37. The third-order valence-corrected chi connectivity index (χ3v) is 2.93. The lowest BCUT2D eigenvalue weighted by atomic mass is 10.2. The lowest BCUT2D eigenvalue weighted by Crippen LogP contribution is -2.41. The topological polar surface area (TPSA) is 6.48 Å². The van der Waals surface area contributed by atoms with Crippen LogP contribution in [-0.2, 0) is 0 Å². The van der Waals surface area contributed by atoms with Crippen molar-refractivity contribution in [2.24, 2.45) is 0 Å². The van der Waals surface area contributed by atoms with Gasteiger partial charge in [-0.05, 0) is 19.3 Å². The number of hydrazine groups is 1. The standard InChI is InChI=1S/C7H14N2/c1-8-6-3-4-7(5-6)9(8)2/h6-7H,3-5H2,1-2H3. The predicted octanol–water partition coefficient (Wildman–Crippen LogP) is 0.700. The fourth-order valence-corrected chi connectivity index (χ4v) is 2.13. The molecule has 0 radical (unpaired) electrons. The first-order valence-electron chi connectivity index (χ1n) is 3.74. The third kappa shape index (κ3) is 0.634. The van der Waals surface area contributed by atoms with E-state index in [0.29, 0.717) is 0 Å². The molecular weight excluding hydrogens is 112 g/mol. The summed E-state index contributed by atoms with van der Waals surface area (Å²) >= 11 is 0. The Morgan fingerprint density at radius 2 is 1.44 bits per heavy atom. The Bertz CT molecular complexity index is 106. The van der Waals surface area contributed by atoms with E-state index < -0.39 is 0 Å². The fourth-order valence-electron chi connectivity index (χ4n) is 2.13. The number of hydrogen-bond donors (Lipinski definition) is 0. The number of hydrogen-bond acceptors (Lipinski definition) is 2. The minimum Gasteiger partial charge on any atom is -0.242 e. The van der Waals surface area contributed by atoms with Gasteiger partial charge >= 0.3 is 0 Å². The fraction of sp³-hybridized carbons (Fsp3) is 1.00. The molecule has 1 aliphatic heterocycles. The quantitative estimate of drug-likeness (QED) is 0.471. The van der Waals surface area contributed by atoms with Gasteiger partial charge in [0.05, 0.1) is 0 Å². The maximum absolute atomic E-state index is 2.38. The highest BCUT2D eigenvalue weighted by molar-refractivity contribution is 4.91. The molecule has 0 N–H and O–H groups in total. The number of fused-ring (bicyclic) bond motifs is 2. The second kappa shape index (κ2) is 1.70. The van der Waals surface area contributed by atoms with Gasteiger partial charge < -0.3 is 0 Å². The van der Waals surface area contributed by atoms with Gasteiger partial charge in [-0.1, -0.05) is 0 Å². The summed E-state index contributed by atoms with van der Waals surface area (Å²) in [6.45, 7) is 0. The van der Waals surface area contributed by atoms with Crippen molar-refractivity contribution in [3.8, 4) is 0 Å². The van der Waals surface area contributed by atoms with E-state index in [1.165, 1.54) is 19.3 Å². The van der Waals surface area contributed by atoms with Gasteiger partial charge in [-0.2, -0.15) is 0 Å². The maximum atomic E-state index is 2.38. The molecule has 52 valence electrons. The smallest absolute Gasteiger partial charge is 0.0258 e. The summed E-state index contributed by atoms with van der Waals surface area (Å²) in [6.07, 6.45) is 4.25. The van der Waals surface area contributed by atoms with Crippen molar-refractivity contribution in [1.29, 1.82) is 0 Å². The van der Waals surface area contributed by atoms with E-state index in [1.807, 2.05) is 0 Å². The summed E-state index contributed by atoms with van der Waals surface area (Å²) in [5.74, 6) is 0. The molecule has 0 aromatic rings. The normalized spacial score (nSPS) is 44.7. The first-order chi connectivity index (χ1) is 4.29. The lowest BCUT2D eigenvalue weighted by Gasteiger charge is -2.31. The van der Waals surface area contributed by atoms with Gasteiger partial charge in [0, 0.05) is 26.2 Å². The molecule has 1 saturated heterocycles. The molecule has 0 spiro atoms. The molecule has 2 aliphatic rings. The highest BCUT2D eigenvalue weighted by Gasteiger charge is 2.39. The van der Waals surface area contributed by atoms with Crippen LogP contribution in [0.25, 0.3) is 0 Å². The highest BCUT2D eigenvalue weighted by Crippen LogP contribution is 2.34. The first-order valence-corrected chi connectivity index (χ1v) is 3.74. The Labute approximate surface area is 56.4 Å². The van der Waals surface area contributed by atoms with Gasteiger partial charge in [-0.3, -0.25) is 0 Å². The van der Waals surface area contributed by atoms with Crippen LogP contribution in [0.3, 0.4) is 0 Å². The molecule has 2 bridgehead atoms. The average molecular weight is 126 g/mol. The van der Waals surface area contributed by atoms with Crippen molar-refractivity contribution in [3.63, 3.8) is 0 Å². The first kappa shape index (κ1) is 5.69. The summed E-state index contributed by atoms with van der Waals surface area (Å²) in [6, 6.07) is 1.75. The van der Waals surface area contributed by atoms with Crippen LogP contribution in [-0.4, -0.2) is 36.2 Å². The Morgan fingerprint density at radius 1 is 1.00 bits per heavy atom. The molecular formula is C7H14N2. The summed E-state index contributed by atoms with van der Waals surface area (Å²) in [4.78, 5) is 0. The predicted molar refractivity (Wildman–Crippen MR) is 37.0 cm³/mol. The van der Waals surface area contributed by atoms with Gasteiger partial charge in [-0.25, -0.2) is 10.0 Å². The van der Waals surface area contributed by atoms with E-state index in [2.05, 4.69) is 24.1 Å². The molecule has 0 amide bonds. The lowest BCUT2D eigenvalue weighted by molar-refractivity contribution is -0.00457. The zero-order chi connectivity index (χ0) is 6.43. The van der Waals surface area contributed by atoms with Crippen molar-refractivity contribution in [3.05, 3.63) is 0 Å². The Kier molecular flexibility index (Phi) is 1.08. The van der Waals surface area contributed by atoms with E-state index in [4.69, 9.17) is 0 Å². The summed E-state index contributed by atoms with van der Waals surface area (Å²) in [5.41, 5.74) is 0. The van der Waals surface area contributed by atoms with E-state index in [0.717, 1.165) is 12.1 Å². The van der Waals surface area contributed by atoms with E-state index >= 15 is 0 Å². The van der Waals surface area contributed by atoms with Crippen LogP contribution in [0, 0.1) is 0 Å². The van der Waals surface area contributed by atoms with Gasteiger partial charge in [0.2, 0.25) is 0 Å². The van der Waals surface area contributed by atoms with Crippen molar-refractivity contribution in [1.82, 2.24) is 10.0 Å². The zero-order valence-electron chi connectivity index (χ0n) is 6.17. The van der Waals surface area contributed by atoms with E-state index in [-0.39, 0.29) is 0 Å². The van der Waals surface area contributed by atoms with Crippen LogP contribution >= 0.6 is 0 Å². The van der Waals surface area contributed by atoms with Gasteiger partial charge in [0.1, 0.15) is 0 Å². The maximum Gasteiger partial charge on any atom is 0.0258 e. The van der Waals surface area contributed by atoms with Gasteiger partial charge in [0.15, 0.2) is 0 Å². The largest absolute Gasteiger partial charge is 0.242 e. The monoisotopic (exact) mass is 126 g/mol. The molecule has 0 aromatic heterocycles. The number of nitrogens with zero attached hydrogens (tertiary/aromatic N) is 2. The van der Waals surface area contributed by atoms with Crippen LogP contribution in [0.2, 0.25) is 0 Å². The zero-order valence-corrected chi connectivity index (χ0v) is 6.17. The minimum atomic E-state index is 0.875. The molecule has 0 aromatic carbocycles. The third-order valence-electron chi connectivity index (χ3n) is 2.93. The molecule has 1 aliphatic carbocycles. The van der Waals surface area contributed by atoms with Gasteiger partial charge in [0.25, 0.3) is 0 Å². The highest BCUT2D eigenvalue weighted by atomic mass is 15.7. The van der Waals surface area contributed by atoms with Crippen molar-refractivity contribution >= 4 is 0 Å². The van der Waals surface area contributed by atoms with Crippen LogP contribution in [0.4, 0.5) is 0 Å². The summed E-state index contributed by atoms with van der Waals surface area (Å²) in [7, 11) is 4.40. The Morgan fingerprint density at radius 3 is 1.67 bits per heavy atom. The Hall–Kier alpha value is -0.0800. The summed E-state index contributed by atoms with van der Waals surface area (Å²) < 4.78 is 0.